The lowest BCUT2D eigenvalue weighted by Gasteiger charge is -2.33. The van der Waals surface area contributed by atoms with E-state index in [-0.39, 0.29) is 5.91 Å². The summed E-state index contributed by atoms with van der Waals surface area (Å²) in [5.41, 5.74) is 1.35. The molecule has 1 aromatic rings. The molecule has 1 aliphatic rings. The summed E-state index contributed by atoms with van der Waals surface area (Å²) in [4.78, 5) is 14.6. The van der Waals surface area contributed by atoms with Crippen LogP contribution in [0.2, 0.25) is 0 Å². The third-order valence-corrected chi connectivity index (χ3v) is 4.59. The molecule has 2 rings (SSSR count). The first-order chi connectivity index (χ1) is 12.2. The predicted molar refractivity (Wildman–Crippen MR) is 99.4 cm³/mol. The van der Waals surface area contributed by atoms with Crippen LogP contribution in [0.4, 0.5) is 0 Å². The molecule has 0 saturated carbocycles. The van der Waals surface area contributed by atoms with E-state index in [0.29, 0.717) is 25.7 Å². The molecule has 1 N–H and O–H groups in total. The largest absolute Gasteiger partial charge is 0.379 e. The smallest absolute Gasteiger partial charge is 0.248 e. The monoisotopic (exact) mass is 348 g/mol. The second kappa shape index (κ2) is 11.2. The van der Waals surface area contributed by atoms with E-state index < -0.39 is 6.10 Å². The van der Waals surface area contributed by atoms with Crippen molar-refractivity contribution in [3.8, 4) is 0 Å². The standard InChI is InChI=1S/C20H32N2O3/c1-3-24-12-13-25-17(2)20(23)21-14-19-10-7-11-22(16-19)15-18-8-5-4-6-9-18/h4-6,8-9,17,19H,3,7,10-16H2,1-2H3,(H,21,23). The van der Waals surface area contributed by atoms with Crippen molar-refractivity contribution in [2.24, 2.45) is 5.92 Å². The minimum absolute atomic E-state index is 0.0309. The molecule has 1 amide bonds. The van der Waals surface area contributed by atoms with E-state index in [2.05, 4.69) is 40.5 Å². The summed E-state index contributed by atoms with van der Waals surface area (Å²) < 4.78 is 10.7. The number of nitrogens with one attached hydrogen (secondary N) is 1. The van der Waals surface area contributed by atoms with Crippen molar-refractivity contribution in [3.05, 3.63) is 35.9 Å². The number of benzene rings is 1. The average molecular weight is 348 g/mol. The van der Waals surface area contributed by atoms with Crippen LogP contribution in [0, 0.1) is 5.92 Å². The topological polar surface area (TPSA) is 50.8 Å². The lowest BCUT2D eigenvalue weighted by molar-refractivity contribution is -0.132. The van der Waals surface area contributed by atoms with Gasteiger partial charge < -0.3 is 14.8 Å². The van der Waals surface area contributed by atoms with Crippen molar-refractivity contribution in [2.75, 3.05) is 39.5 Å². The van der Waals surface area contributed by atoms with Crippen LogP contribution >= 0.6 is 0 Å². The van der Waals surface area contributed by atoms with Gasteiger partial charge in [0.15, 0.2) is 0 Å². The zero-order chi connectivity index (χ0) is 17.9. The number of carbonyl (C=O) groups excluding carboxylic acids is 1. The highest BCUT2D eigenvalue weighted by atomic mass is 16.5. The molecule has 1 fully saturated rings. The Morgan fingerprint density at radius 2 is 2.12 bits per heavy atom. The maximum Gasteiger partial charge on any atom is 0.248 e. The van der Waals surface area contributed by atoms with Crippen LogP contribution in [0.15, 0.2) is 30.3 Å². The first kappa shape index (κ1) is 19.9. The molecule has 25 heavy (non-hydrogen) atoms. The van der Waals surface area contributed by atoms with Gasteiger partial charge in [-0.05, 0) is 44.7 Å². The molecule has 140 valence electrons. The molecule has 1 saturated heterocycles. The minimum atomic E-state index is -0.426. The summed E-state index contributed by atoms with van der Waals surface area (Å²) in [7, 11) is 0. The molecular formula is C20H32N2O3. The number of carbonyl (C=O) groups is 1. The number of piperidine rings is 1. The normalized spacial score (nSPS) is 19.5. The summed E-state index contributed by atoms with van der Waals surface area (Å²) >= 11 is 0. The lowest BCUT2D eigenvalue weighted by Crippen LogP contribution is -2.43. The summed E-state index contributed by atoms with van der Waals surface area (Å²) in [5.74, 6) is 0.480. The van der Waals surface area contributed by atoms with E-state index in [4.69, 9.17) is 9.47 Å². The number of ether oxygens (including phenoxy) is 2. The number of nitrogens with zero attached hydrogens (tertiary/aromatic N) is 1. The fourth-order valence-electron chi connectivity index (χ4n) is 3.20. The van der Waals surface area contributed by atoms with Gasteiger partial charge in [0.2, 0.25) is 5.91 Å². The van der Waals surface area contributed by atoms with Crippen LogP contribution in [0.1, 0.15) is 32.3 Å². The van der Waals surface area contributed by atoms with Crippen molar-refractivity contribution >= 4 is 5.91 Å². The number of amides is 1. The Kier molecular flexibility index (Phi) is 8.94. The Hall–Kier alpha value is -1.43. The molecule has 0 aliphatic carbocycles. The van der Waals surface area contributed by atoms with Crippen molar-refractivity contribution < 1.29 is 14.3 Å². The third-order valence-electron chi connectivity index (χ3n) is 4.59. The minimum Gasteiger partial charge on any atom is -0.379 e. The van der Waals surface area contributed by atoms with E-state index in [9.17, 15) is 4.79 Å². The Morgan fingerprint density at radius 1 is 1.32 bits per heavy atom. The van der Waals surface area contributed by atoms with Gasteiger partial charge in [0.25, 0.3) is 0 Å². The van der Waals surface area contributed by atoms with Crippen molar-refractivity contribution in [1.29, 1.82) is 0 Å². The van der Waals surface area contributed by atoms with E-state index in [1.165, 1.54) is 18.4 Å². The van der Waals surface area contributed by atoms with Gasteiger partial charge in [-0.1, -0.05) is 30.3 Å². The van der Waals surface area contributed by atoms with Crippen LogP contribution < -0.4 is 5.32 Å². The van der Waals surface area contributed by atoms with Crippen molar-refractivity contribution in [1.82, 2.24) is 10.2 Å². The molecule has 2 atom stereocenters. The Balaban J connectivity index is 1.66. The Morgan fingerprint density at radius 3 is 2.88 bits per heavy atom. The number of rotatable bonds is 10. The van der Waals surface area contributed by atoms with Crippen LogP contribution in [0.5, 0.6) is 0 Å². The summed E-state index contributed by atoms with van der Waals surface area (Å²) in [6.45, 7) is 9.29. The number of likely N-dealkylation sites (tertiary alicyclic amines) is 1. The first-order valence-electron chi connectivity index (χ1n) is 9.42. The fourth-order valence-corrected chi connectivity index (χ4v) is 3.20. The average Bonchev–Trinajstić information content (AvgIpc) is 2.64. The maximum absolute atomic E-state index is 12.1. The van der Waals surface area contributed by atoms with Gasteiger partial charge in [0.05, 0.1) is 13.2 Å². The second-order valence-electron chi connectivity index (χ2n) is 6.68. The zero-order valence-corrected chi connectivity index (χ0v) is 15.6. The van der Waals surface area contributed by atoms with Gasteiger partial charge in [0, 0.05) is 26.2 Å². The van der Waals surface area contributed by atoms with Gasteiger partial charge in [-0.15, -0.1) is 0 Å². The van der Waals surface area contributed by atoms with Crippen LogP contribution in [-0.4, -0.2) is 56.4 Å². The molecule has 0 aromatic heterocycles. The highest BCUT2D eigenvalue weighted by molar-refractivity contribution is 5.80. The molecule has 5 heteroatoms. The first-order valence-corrected chi connectivity index (χ1v) is 9.42. The van der Waals surface area contributed by atoms with Gasteiger partial charge in [0.1, 0.15) is 6.10 Å². The zero-order valence-electron chi connectivity index (χ0n) is 15.6. The van der Waals surface area contributed by atoms with Crippen molar-refractivity contribution in [3.63, 3.8) is 0 Å². The number of hydrogen-bond donors (Lipinski definition) is 1. The van der Waals surface area contributed by atoms with Crippen molar-refractivity contribution in [2.45, 2.75) is 39.3 Å². The Labute approximate surface area is 151 Å². The molecule has 0 spiro atoms. The summed E-state index contributed by atoms with van der Waals surface area (Å²) in [6.07, 6.45) is 1.93. The summed E-state index contributed by atoms with van der Waals surface area (Å²) in [6, 6.07) is 10.6. The van der Waals surface area contributed by atoms with Gasteiger partial charge in [-0.25, -0.2) is 0 Å². The number of hydrogen-bond acceptors (Lipinski definition) is 4. The van der Waals surface area contributed by atoms with E-state index in [0.717, 1.165) is 26.2 Å². The molecular weight excluding hydrogens is 316 g/mol. The molecule has 2 unspecified atom stereocenters. The highest BCUT2D eigenvalue weighted by Crippen LogP contribution is 2.18. The molecule has 0 bridgehead atoms. The third kappa shape index (κ3) is 7.55. The van der Waals surface area contributed by atoms with Crippen LogP contribution in [-0.2, 0) is 20.8 Å². The van der Waals surface area contributed by atoms with Crippen LogP contribution in [0.25, 0.3) is 0 Å². The quantitative estimate of drug-likeness (QED) is 0.660. The maximum atomic E-state index is 12.1. The van der Waals surface area contributed by atoms with E-state index >= 15 is 0 Å². The Bertz CT molecular complexity index is 495. The summed E-state index contributed by atoms with van der Waals surface area (Å²) in [5, 5.41) is 3.05. The fraction of sp³-hybridized carbons (Fsp3) is 0.650. The van der Waals surface area contributed by atoms with E-state index in [1.807, 2.05) is 6.92 Å². The van der Waals surface area contributed by atoms with Gasteiger partial charge in [-0.2, -0.15) is 0 Å². The lowest BCUT2D eigenvalue weighted by atomic mass is 9.97. The molecule has 1 heterocycles. The molecule has 1 aromatic carbocycles. The molecule has 0 radical (unpaired) electrons. The molecule has 5 nitrogen and oxygen atoms in total. The molecule has 1 aliphatic heterocycles. The second-order valence-corrected chi connectivity index (χ2v) is 6.68. The predicted octanol–water partition coefficient (Wildman–Crippen LogP) is 2.46. The highest BCUT2D eigenvalue weighted by Gasteiger charge is 2.21. The van der Waals surface area contributed by atoms with E-state index in [1.54, 1.807) is 6.92 Å². The van der Waals surface area contributed by atoms with Gasteiger partial charge >= 0.3 is 0 Å². The van der Waals surface area contributed by atoms with Crippen LogP contribution in [0.3, 0.4) is 0 Å². The SMILES string of the molecule is CCOCCOC(C)C(=O)NCC1CCCN(Cc2ccccc2)C1. The van der Waals surface area contributed by atoms with Gasteiger partial charge in [-0.3, -0.25) is 9.69 Å².